The highest BCUT2D eigenvalue weighted by molar-refractivity contribution is 5.63. The molecule has 2 aliphatic rings. The Bertz CT molecular complexity index is 1430. The molecule has 2 aliphatic carbocycles. The first-order valence-corrected chi connectivity index (χ1v) is 20.4. The van der Waals surface area contributed by atoms with Gasteiger partial charge in [0.05, 0.1) is 9.85 Å². The van der Waals surface area contributed by atoms with E-state index in [9.17, 15) is 20.2 Å². The summed E-state index contributed by atoms with van der Waals surface area (Å²) >= 11 is 0. The minimum Gasteiger partial charge on any atom is -0.450 e. The molecule has 2 fully saturated rings. The van der Waals surface area contributed by atoms with Crippen molar-refractivity contribution >= 4 is 11.4 Å². The number of unbranched alkanes of at least 4 members (excludes halogenated alkanes) is 8. The van der Waals surface area contributed by atoms with Gasteiger partial charge in [0.15, 0.2) is 0 Å². The zero-order valence-electron chi connectivity index (χ0n) is 31.6. The van der Waals surface area contributed by atoms with Crippen molar-refractivity contribution in [2.45, 2.75) is 154 Å². The molecule has 0 saturated heterocycles. The number of ether oxygens (including phenoxy) is 2. The van der Waals surface area contributed by atoms with Crippen LogP contribution in [-0.4, -0.2) is 9.85 Å². The molecule has 5 rings (SSSR count). The van der Waals surface area contributed by atoms with Gasteiger partial charge in [-0.05, 0) is 110 Å². The Morgan fingerprint density at radius 2 is 0.885 bits per heavy atom. The van der Waals surface area contributed by atoms with Gasteiger partial charge in [-0.1, -0.05) is 115 Å². The monoisotopic (exact) mass is 712 g/mol. The summed E-state index contributed by atoms with van der Waals surface area (Å²) in [6.07, 6.45) is 25.8. The van der Waals surface area contributed by atoms with Gasteiger partial charge in [0.2, 0.25) is 11.5 Å². The molecule has 0 aromatic heterocycles. The number of rotatable bonds is 20. The van der Waals surface area contributed by atoms with Crippen LogP contribution in [0.2, 0.25) is 0 Å². The van der Waals surface area contributed by atoms with Crippen LogP contribution in [0, 0.1) is 32.1 Å². The Morgan fingerprint density at radius 1 is 0.519 bits per heavy atom. The molecular weight excluding hydrogens is 652 g/mol. The van der Waals surface area contributed by atoms with Crippen LogP contribution in [0.4, 0.5) is 11.4 Å². The molecule has 8 nitrogen and oxygen atoms in total. The third kappa shape index (κ3) is 11.5. The van der Waals surface area contributed by atoms with E-state index in [0.717, 1.165) is 17.9 Å². The summed E-state index contributed by atoms with van der Waals surface area (Å²) in [6.45, 7) is 4.51. The first-order chi connectivity index (χ1) is 25.3. The number of hydrogen-bond acceptors (Lipinski definition) is 6. The molecule has 282 valence electrons. The second-order valence-electron chi connectivity index (χ2n) is 15.5. The number of hydrogen-bond donors (Lipinski definition) is 0. The SMILES string of the molecule is CCCCCCCC1CCC(c2ccc(Oc3cc(Oc4ccc(C5CCC(CCCCCCC)CC5)cc4)c([N+](=O)[O-])cc3[N+](=O)[O-])cc2)CC1. The summed E-state index contributed by atoms with van der Waals surface area (Å²) in [5.41, 5.74) is 1.54. The zero-order chi connectivity index (χ0) is 36.7. The Balaban J connectivity index is 1.19. The van der Waals surface area contributed by atoms with E-state index < -0.39 is 21.2 Å². The summed E-state index contributed by atoms with van der Waals surface area (Å²) < 4.78 is 12.0. The molecule has 52 heavy (non-hydrogen) atoms. The first kappa shape index (κ1) is 39.3. The van der Waals surface area contributed by atoms with E-state index in [4.69, 9.17) is 9.47 Å². The van der Waals surface area contributed by atoms with Gasteiger partial charge < -0.3 is 9.47 Å². The molecular formula is C44H60N2O6. The van der Waals surface area contributed by atoms with Gasteiger partial charge in [-0.25, -0.2) is 0 Å². The van der Waals surface area contributed by atoms with Crippen molar-refractivity contribution in [1.82, 2.24) is 0 Å². The first-order valence-electron chi connectivity index (χ1n) is 20.4. The molecule has 0 atom stereocenters. The Morgan fingerprint density at radius 3 is 1.23 bits per heavy atom. The molecule has 0 N–H and O–H groups in total. The highest BCUT2D eigenvalue weighted by Crippen LogP contribution is 2.44. The van der Waals surface area contributed by atoms with Crippen LogP contribution in [0.3, 0.4) is 0 Å². The predicted molar refractivity (Wildman–Crippen MR) is 209 cm³/mol. The van der Waals surface area contributed by atoms with Crippen LogP contribution in [0.15, 0.2) is 60.7 Å². The highest BCUT2D eigenvalue weighted by atomic mass is 16.6. The quantitative estimate of drug-likeness (QED) is 0.0656. The summed E-state index contributed by atoms with van der Waals surface area (Å²) in [6, 6.07) is 17.7. The lowest BCUT2D eigenvalue weighted by molar-refractivity contribution is -0.395. The van der Waals surface area contributed by atoms with Gasteiger partial charge in [0.1, 0.15) is 17.6 Å². The van der Waals surface area contributed by atoms with Crippen molar-refractivity contribution in [3.05, 3.63) is 92.0 Å². The van der Waals surface area contributed by atoms with Gasteiger partial charge in [-0.2, -0.15) is 0 Å². The molecule has 2 saturated carbocycles. The minimum absolute atomic E-state index is 0.100. The Kier molecular flexibility index (Phi) is 15.4. The fourth-order valence-electron chi connectivity index (χ4n) is 8.50. The Labute approximate surface area is 311 Å². The minimum atomic E-state index is -0.654. The summed E-state index contributed by atoms with van der Waals surface area (Å²) in [4.78, 5) is 22.7. The van der Waals surface area contributed by atoms with E-state index >= 15 is 0 Å². The van der Waals surface area contributed by atoms with Gasteiger partial charge in [0.25, 0.3) is 0 Å². The topological polar surface area (TPSA) is 105 Å². The molecule has 0 heterocycles. The number of benzene rings is 3. The fourth-order valence-corrected chi connectivity index (χ4v) is 8.50. The van der Waals surface area contributed by atoms with E-state index in [1.165, 1.54) is 146 Å². The predicted octanol–water partition coefficient (Wildman–Crippen LogP) is 14.4. The summed E-state index contributed by atoms with van der Waals surface area (Å²) in [5, 5.41) is 24.0. The molecule has 3 aromatic rings. The smallest absolute Gasteiger partial charge is 0.318 e. The van der Waals surface area contributed by atoms with Crippen LogP contribution in [0.5, 0.6) is 23.0 Å². The fraction of sp³-hybridized carbons (Fsp3) is 0.591. The molecule has 0 aliphatic heterocycles. The molecule has 0 radical (unpaired) electrons. The molecule has 8 heteroatoms. The van der Waals surface area contributed by atoms with E-state index in [2.05, 4.69) is 13.8 Å². The number of nitro groups is 2. The Hall–Kier alpha value is -3.94. The third-order valence-electron chi connectivity index (χ3n) is 11.7. The standard InChI is InChI=1S/C44H60N2O6/c1-3-5-7-9-11-13-33-15-19-35(20-16-33)37-23-27-39(28-24-37)51-43-32-44(42(46(49)50)31-41(43)45(47)48)52-40-29-25-38(26-30-40)36-21-17-34(18-22-36)14-12-10-8-6-4-2/h23-36H,3-22H2,1-2H3. The van der Waals surface area contributed by atoms with E-state index in [0.29, 0.717) is 23.3 Å². The number of nitrogens with zero attached hydrogens (tertiary/aromatic N) is 2. The van der Waals surface area contributed by atoms with E-state index in [-0.39, 0.29) is 11.5 Å². The van der Waals surface area contributed by atoms with E-state index in [1.807, 2.05) is 48.5 Å². The van der Waals surface area contributed by atoms with Crippen molar-refractivity contribution in [3.63, 3.8) is 0 Å². The zero-order valence-corrected chi connectivity index (χ0v) is 31.6. The average Bonchev–Trinajstić information content (AvgIpc) is 3.16. The van der Waals surface area contributed by atoms with Crippen molar-refractivity contribution in [2.24, 2.45) is 11.8 Å². The lowest BCUT2D eigenvalue weighted by Gasteiger charge is -2.29. The van der Waals surface area contributed by atoms with Gasteiger partial charge in [-0.3, -0.25) is 20.2 Å². The van der Waals surface area contributed by atoms with Gasteiger partial charge in [-0.15, -0.1) is 0 Å². The van der Waals surface area contributed by atoms with Crippen molar-refractivity contribution < 1.29 is 19.3 Å². The lowest BCUT2D eigenvalue weighted by Crippen LogP contribution is -2.13. The van der Waals surface area contributed by atoms with E-state index in [1.54, 1.807) is 0 Å². The third-order valence-corrected chi connectivity index (χ3v) is 11.7. The maximum Gasteiger partial charge on any atom is 0.318 e. The second-order valence-corrected chi connectivity index (χ2v) is 15.5. The number of nitro benzene ring substituents is 2. The maximum absolute atomic E-state index is 12.0. The lowest BCUT2D eigenvalue weighted by atomic mass is 9.77. The normalized spacial score (nSPS) is 20.3. The van der Waals surface area contributed by atoms with Crippen molar-refractivity contribution in [2.75, 3.05) is 0 Å². The van der Waals surface area contributed by atoms with Crippen molar-refractivity contribution in [3.8, 4) is 23.0 Å². The second kappa shape index (κ2) is 20.3. The van der Waals surface area contributed by atoms with Gasteiger partial charge >= 0.3 is 11.4 Å². The molecule has 0 bridgehead atoms. The maximum atomic E-state index is 12.0. The van der Waals surface area contributed by atoms with Crippen LogP contribution in [0.25, 0.3) is 0 Å². The van der Waals surface area contributed by atoms with Crippen LogP contribution >= 0.6 is 0 Å². The van der Waals surface area contributed by atoms with Crippen LogP contribution < -0.4 is 9.47 Å². The van der Waals surface area contributed by atoms with Crippen LogP contribution in [0.1, 0.15) is 165 Å². The average molecular weight is 713 g/mol. The van der Waals surface area contributed by atoms with Crippen LogP contribution in [-0.2, 0) is 0 Å². The molecule has 0 amide bonds. The molecule has 3 aromatic carbocycles. The van der Waals surface area contributed by atoms with Crippen molar-refractivity contribution in [1.29, 1.82) is 0 Å². The summed E-state index contributed by atoms with van der Waals surface area (Å²) in [7, 11) is 0. The molecule has 0 spiro atoms. The van der Waals surface area contributed by atoms with Gasteiger partial charge in [0, 0.05) is 6.07 Å². The largest absolute Gasteiger partial charge is 0.450 e. The molecule has 0 unspecified atom stereocenters. The highest BCUT2D eigenvalue weighted by Gasteiger charge is 2.29. The summed E-state index contributed by atoms with van der Waals surface area (Å²) in [5.74, 6) is 3.34.